The highest BCUT2D eigenvalue weighted by atomic mass is 127. The summed E-state index contributed by atoms with van der Waals surface area (Å²) >= 11 is 3.60. The molecular weight excluding hydrogens is 467 g/mol. The Hall–Kier alpha value is -1.67. The maximum Gasteiger partial charge on any atom is 0.195 e. The van der Waals surface area contributed by atoms with Gasteiger partial charge in [-0.3, -0.25) is 4.79 Å². The molecule has 0 unspecified atom stereocenters. The van der Waals surface area contributed by atoms with Gasteiger partial charge in [-0.15, -0.1) is 11.3 Å². The zero-order valence-corrected chi connectivity index (χ0v) is 16.7. The molecule has 0 saturated carbocycles. The van der Waals surface area contributed by atoms with Crippen LogP contribution < -0.4 is 0 Å². The summed E-state index contributed by atoms with van der Waals surface area (Å²) in [6.07, 6.45) is 2.45. The van der Waals surface area contributed by atoms with E-state index in [9.17, 15) is 13.6 Å². The van der Waals surface area contributed by atoms with Gasteiger partial charge in [0.1, 0.15) is 11.6 Å². The Bertz CT molecular complexity index is 995. The molecular formula is C20H14F2INOS. The molecule has 1 aromatic heterocycles. The summed E-state index contributed by atoms with van der Waals surface area (Å²) in [4.78, 5) is 18.1. The molecule has 0 saturated heterocycles. The molecule has 0 aliphatic heterocycles. The lowest BCUT2D eigenvalue weighted by molar-refractivity contribution is 0.0990. The Morgan fingerprint density at radius 1 is 1.15 bits per heavy atom. The number of aryl methyl sites for hydroxylation is 2. The van der Waals surface area contributed by atoms with Crippen LogP contribution in [0.5, 0.6) is 0 Å². The monoisotopic (exact) mass is 481 g/mol. The number of halogens is 3. The summed E-state index contributed by atoms with van der Waals surface area (Å²) in [5, 5.41) is 0.323. The van der Waals surface area contributed by atoms with Gasteiger partial charge in [0.25, 0.3) is 0 Å². The Balaban J connectivity index is 1.71. The average molecular weight is 481 g/mol. The summed E-state index contributed by atoms with van der Waals surface area (Å²) in [6, 6.07) is 9.95. The summed E-state index contributed by atoms with van der Waals surface area (Å²) in [5.41, 5.74) is 3.09. The normalized spacial score (nSPS) is 13.0. The molecule has 0 spiro atoms. The van der Waals surface area contributed by atoms with Crippen molar-refractivity contribution in [3.8, 4) is 10.4 Å². The number of Topliss-reactive ketones (excluding diaryl/α,β-unsaturated/α-hetero) is 1. The maximum atomic E-state index is 13.8. The second-order valence-electron chi connectivity index (χ2n) is 6.25. The lowest BCUT2D eigenvalue weighted by atomic mass is 10.0. The number of rotatable bonds is 3. The van der Waals surface area contributed by atoms with Crippen LogP contribution in [0.15, 0.2) is 36.4 Å². The third-order valence-corrected chi connectivity index (χ3v) is 6.35. The summed E-state index contributed by atoms with van der Waals surface area (Å²) < 4.78 is 28.8. The van der Waals surface area contributed by atoms with Gasteiger partial charge in [-0.1, -0.05) is 12.1 Å². The number of hydrogen-bond acceptors (Lipinski definition) is 3. The number of carbonyl (C=O) groups excluding carboxylic acids is 1. The molecule has 1 aliphatic carbocycles. The lowest BCUT2D eigenvalue weighted by Crippen LogP contribution is -2.07. The van der Waals surface area contributed by atoms with Crippen LogP contribution in [0.25, 0.3) is 10.4 Å². The number of aromatic nitrogens is 1. The van der Waals surface area contributed by atoms with E-state index in [0.717, 1.165) is 39.0 Å². The van der Waals surface area contributed by atoms with Crippen LogP contribution in [0.4, 0.5) is 8.78 Å². The predicted octanol–water partition coefficient (Wildman–Crippen LogP) is 5.61. The van der Waals surface area contributed by atoms with Gasteiger partial charge < -0.3 is 0 Å². The molecule has 26 heavy (non-hydrogen) atoms. The summed E-state index contributed by atoms with van der Waals surface area (Å²) in [7, 11) is 0. The van der Waals surface area contributed by atoms with Crippen LogP contribution in [0, 0.1) is 15.2 Å². The van der Waals surface area contributed by atoms with Gasteiger partial charge in [0.2, 0.25) is 0 Å². The summed E-state index contributed by atoms with van der Waals surface area (Å²) in [5.74, 6) is -1.74. The van der Waals surface area contributed by atoms with Crippen LogP contribution >= 0.6 is 33.9 Å². The SMILES string of the molecule is O=C(Cc1c(F)cccc1F)c1nc2c(s1)-c1cc(I)ccc1CCC2. The number of thiazole rings is 1. The Kier molecular flexibility index (Phi) is 4.88. The van der Waals surface area contributed by atoms with Crippen molar-refractivity contribution in [3.63, 3.8) is 0 Å². The van der Waals surface area contributed by atoms with Gasteiger partial charge in [-0.2, -0.15) is 0 Å². The van der Waals surface area contributed by atoms with Crippen molar-refractivity contribution in [1.82, 2.24) is 4.98 Å². The third kappa shape index (κ3) is 3.32. The van der Waals surface area contributed by atoms with E-state index < -0.39 is 11.6 Å². The molecule has 2 nitrogen and oxygen atoms in total. The molecule has 4 rings (SSSR count). The molecule has 0 amide bonds. The molecule has 6 heteroatoms. The van der Waals surface area contributed by atoms with E-state index in [1.54, 1.807) is 0 Å². The first-order chi connectivity index (χ1) is 12.5. The second-order valence-corrected chi connectivity index (χ2v) is 8.49. The van der Waals surface area contributed by atoms with E-state index in [1.165, 1.54) is 35.1 Å². The topological polar surface area (TPSA) is 30.0 Å². The molecule has 1 heterocycles. The first-order valence-electron chi connectivity index (χ1n) is 8.27. The quantitative estimate of drug-likeness (QED) is 0.360. The van der Waals surface area contributed by atoms with Gasteiger partial charge in [-0.25, -0.2) is 13.8 Å². The molecule has 0 atom stereocenters. The highest BCUT2D eigenvalue weighted by Crippen LogP contribution is 2.38. The minimum absolute atomic E-state index is 0.196. The largest absolute Gasteiger partial charge is 0.291 e. The Morgan fingerprint density at radius 2 is 1.92 bits per heavy atom. The number of ketones is 1. The number of fused-ring (bicyclic) bond motifs is 3. The molecule has 1 aliphatic rings. The second kappa shape index (κ2) is 7.15. The molecule has 132 valence electrons. The standard InChI is InChI=1S/C20H14F2INOS/c21-15-4-2-5-16(22)14(15)10-18(25)20-24-17-6-1-3-11-7-8-12(23)9-13(11)19(17)26-20/h2,4-5,7-9H,1,3,6,10H2. The number of nitrogens with zero attached hydrogens (tertiary/aromatic N) is 1. The molecule has 0 radical (unpaired) electrons. The van der Waals surface area contributed by atoms with Crippen molar-refractivity contribution < 1.29 is 13.6 Å². The Morgan fingerprint density at radius 3 is 2.69 bits per heavy atom. The van der Waals surface area contributed by atoms with E-state index in [4.69, 9.17) is 0 Å². The molecule has 0 fully saturated rings. The molecule has 0 N–H and O–H groups in total. The van der Waals surface area contributed by atoms with E-state index in [2.05, 4.69) is 45.8 Å². The van der Waals surface area contributed by atoms with Gasteiger partial charge in [-0.05, 0) is 77.2 Å². The lowest BCUT2D eigenvalue weighted by Gasteiger charge is -2.05. The van der Waals surface area contributed by atoms with Crippen LogP contribution in [0.2, 0.25) is 0 Å². The third-order valence-electron chi connectivity index (χ3n) is 4.51. The molecule has 0 bridgehead atoms. The van der Waals surface area contributed by atoms with E-state index >= 15 is 0 Å². The number of carbonyl (C=O) groups is 1. The fraction of sp³-hybridized carbons (Fsp3) is 0.200. The van der Waals surface area contributed by atoms with Crippen molar-refractivity contribution in [3.05, 3.63) is 73.4 Å². The molecule has 2 aromatic carbocycles. The first-order valence-corrected chi connectivity index (χ1v) is 10.2. The van der Waals surface area contributed by atoms with Crippen LogP contribution in [-0.2, 0) is 19.3 Å². The minimum atomic E-state index is -0.698. The van der Waals surface area contributed by atoms with Crippen molar-refractivity contribution in [2.45, 2.75) is 25.7 Å². The highest BCUT2D eigenvalue weighted by Gasteiger charge is 2.23. The van der Waals surface area contributed by atoms with E-state index in [1.807, 2.05) is 0 Å². The molecule has 3 aromatic rings. The number of benzene rings is 2. The van der Waals surface area contributed by atoms with Crippen LogP contribution in [0.3, 0.4) is 0 Å². The smallest absolute Gasteiger partial charge is 0.195 e. The van der Waals surface area contributed by atoms with Gasteiger partial charge in [0, 0.05) is 15.6 Å². The predicted molar refractivity (Wildman–Crippen MR) is 107 cm³/mol. The fourth-order valence-corrected chi connectivity index (χ4v) is 4.80. The van der Waals surface area contributed by atoms with Crippen molar-refractivity contribution >= 4 is 39.7 Å². The number of hydrogen-bond donors (Lipinski definition) is 0. The van der Waals surface area contributed by atoms with Crippen LogP contribution in [0.1, 0.15) is 33.0 Å². The summed E-state index contributed by atoms with van der Waals surface area (Å²) in [6.45, 7) is 0. The van der Waals surface area contributed by atoms with E-state index in [-0.39, 0.29) is 17.8 Å². The van der Waals surface area contributed by atoms with Crippen molar-refractivity contribution in [2.24, 2.45) is 0 Å². The van der Waals surface area contributed by atoms with Crippen molar-refractivity contribution in [2.75, 3.05) is 0 Å². The maximum absolute atomic E-state index is 13.8. The zero-order chi connectivity index (χ0) is 18.3. The minimum Gasteiger partial charge on any atom is -0.291 e. The van der Waals surface area contributed by atoms with Gasteiger partial charge in [0.05, 0.1) is 10.6 Å². The fourth-order valence-electron chi connectivity index (χ4n) is 3.21. The van der Waals surface area contributed by atoms with Gasteiger partial charge >= 0.3 is 0 Å². The zero-order valence-electron chi connectivity index (χ0n) is 13.7. The van der Waals surface area contributed by atoms with Crippen molar-refractivity contribution in [1.29, 1.82) is 0 Å². The van der Waals surface area contributed by atoms with Gasteiger partial charge in [0.15, 0.2) is 10.8 Å². The first kappa shape index (κ1) is 17.7. The van der Waals surface area contributed by atoms with E-state index in [0.29, 0.717) is 5.01 Å². The Labute approximate surface area is 167 Å². The average Bonchev–Trinajstić information content (AvgIpc) is 2.96. The van der Waals surface area contributed by atoms with Crippen LogP contribution in [-0.4, -0.2) is 10.8 Å². The highest BCUT2D eigenvalue weighted by molar-refractivity contribution is 14.1.